The van der Waals surface area contributed by atoms with E-state index < -0.39 is 0 Å². The van der Waals surface area contributed by atoms with E-state index in [1.54, 1.807) is 0 Å². The van der Waals surface area contributed by atoms with Gasteiger partial charge in [-0.3, -0.25) is 4.68 Å². The van der Waals surface area contributed by atoms with Gasteiger partial charge in [-0.1, -0.05) is 25.0 Å². The fourth-order valence-electron chi connectivity index (χ4n) is 2.84. The zero-order valence-corrected chi connectivity index (χ0v) is 12.3. The Balaban J connectivity index is 1.82. The third-order valence-electron chi connectivity index (χ3n) is 4.15. The average Bonchev–Trinajstić information content (AvgIpc) is 2.87. The van der Waals surface area contributed by atoms with E-state index >= 15 is 0 Å². The number of aromatic nitrogens is 3. The molecule has 0 spiro atoms. The average molecular weight is 265 g/mol. The summed E-state index contributed by atoms with van der Waals surface area (Å²) in [6, 6.07) is 0.738. The fourth-order valence-corrected chi connectivity index (χ4v) is 2.84. The molecule has 5 heteroatoms. The normalized spacial score (nSPS) is 22.6. The minimum absolute atomic E-state index is 0.0381. The molecule has 2 heterocycles. The predicted octanol–water partition coefficient (Wildman–Crippen LogP) is 1.95. The van der Waals surface area contributed by atoms with Crippen LogP contribution >= 0.6 is 0 Å². The summed E-state index contributed by atoms with van der Waals surface area (Å²) in [5, 5.41) is 8.39. The van der Waals surface area contributed by atoms with Gasteiger partial charge in [0.15, 0.2) is 0 Å². The third-order valence-corrected chi connectivity index (χ3v) is 4.15. The Hall–Kier alpha value is -0.940. The molecule has 2 atom stereocenters. The second-order valence-electron chi connectivity index (χ2n) is 5.72. The molecule has 2 rings (SSSR count). The molecule has 19 heavy (non-hydrogen) atoms. The van der Waals surface area contributed by atoms with Crippen molar-refractivity contribution in [1.82, 2.24) is 19.9 Å². The van der Waals surface area contributed by atoms with Gasteiger partial charge in [0.25, 0.3) is 0 Å². The van der Waals surface area contributed by atoms with Crippen LogP contribution in [0.25, 0.3) is 0 Å². The van der Waals surface area contributed by atoms with Crippen molar-refractivity contribution in [2.45, 2.75) is 64.1 Å². The quantitative estimate of drug-likeness (QED) is 0.854. The highest BCUT2D eigenvalue weighted by atomic mass is 15.4. The molecule has 1 aliphatic rings. The summed E-state index contributed by atoms with van der Waals surface area (Å²) < 4.78 is 1.95. The molecule has 1 aliphatic heterocycles. The van der Waals surface area contributed by atoms with Crippen LogP contribution in [0.5, 0.6) is 0 Å². The standard InChI is InChI=1S/C14H27N5/c1-3-6-13(15)14-11-19(17-16-14)10-8-12-7-4-5-9-18(12)2/h11-13H,3-10,15H2,1-2H3. The number of hydrogen-bond donors (Lipinski definition) is 1. The van der Waals surface area contributed by atoms with Gasteiger partial charge in [-0.25, -0.2) is 0 Å². The number of nitrogens with zero attached hydrogens (tertiary/aromatic N) is 4. The Morgan fingerprint density at radius 2 is 2.32 bits per heavy atom. The van der Waals surface area contributed by atoms with Crippen LogP contribution in [0, 0.1) is 0 Å². The Morgan fingerprint density at radius 3 is 3.05 bits per heavy atom. The van der Waals surface area contributed by atoms with Gasteiger partial charge >= 0.3 is 0 Å². The number of hydrogen-bond acceptors (Lipinski definition) is 4. The lowest BCUT2D eigenvalue weighted by atomic mass is 10.0. The molecule has 0 radical (unpaired) electrons. The first-order valence-electron chi connectivity index (χ1n) is 7.56. The van der Waals surface area contributed by atoms with Crippen molar-refractivity contribution >= 4 is 0 Å². The van der Waals surface area contributed by atoms with Gasteiger partial charge in [-0.05, 0) is 39.3 Å². The van der Waals surface area contributed by atoms with Crippen LogP contribution in [0.2, 0.25) is 0 Å². The van der Waals surface area contributed by atoms with E-state index in [-0.39, 0.29) is 6.04 Å². The lowest BCUT2D eigenvalue weighted by molar-refractivity contribution is 0.169. The summed E-state index contributed by atoms with van der Waals surface area (Å²) >= 11 is 0. The maximum absolute atomic E-state index is 6.06. The van der Waals surface area contributed by atoms with Crippen molar-refractivity contribution in [1.29, 1.82) is 0 Å². The molecule has 0 aromatic carbocycles. The second-order valence-corrected chi connectivity index (χ2v) is 5.72. The largest absolute Gasteiger partial charge is 0.323 e. The molecule has 0 saturated carbocycles. The first-order chi connectivity index (χ1) is 9.20. The van der Waals surface area contributed by atoms with Gasteiger partial charge in [0, 0.05) is 12.6 Å². The molecule has 0 aliphatic carbocycles. The summed E-state index contributed by atoms with van der Waals surface area (Å²) in [5.41, 5.74) is 6.99. The van der Waals surface area contributed by atoms with E-state index in [1.165, 1.54) is 25.8 Å². The number of aryl methyl sites for hydroxylation is 1. The van der Waals surface area contributed by atoms with Crippen molar-refractivity contribution in [3.05, 3.63) is 11.9 Å². The van der Waals surface area contributed by atoms with E-state index in [0.29, 0.717) is 6.04 Å². The van der Waals surface area contributed by atoms with Crippen molar-refractivity contribution in [2.24, 2.45) is 5.73 Å². The van der Waals surface area contributed by atoms with Crippen LogP contribution < -0.4 is 5.73 Å². The lowest BCUT2D eigenvalue weighted by Gasteiger charge is -2.32. The molecule has 2 N–H and O–H groups in total. The predicted molar refractivity (Wildman–Crippen MR) is 76.7 cm³/mol. The number of likely N-dealkylation sites (tertiary alicyclic amines) is 1. The Kier molecular flexibility index (Phi) is 5.34. The summed E-state index contributed by atoms with van der Waals surface area (Å²) in [5.74, 6) is 0. The van der Waals surface area contributed by atoms with Crippen LogP contribution in [-0.2, 0) is 6.54 Å². The van der Waals surface area contributed by atoms with Crippen LogP contribution in [0.15, 0.2) is 6.20 Å². The molecule has 1 aromatic rings. The van der Waals surface area contributed by atoms with E-state index in [4.69, 9.17) is 5.73 Å². The molecular weight excluding hydrogens is 238 g/mol. The molecule has 108 valence electrons. The molecule has 1 fully saturated rings. The van der Waals surface area contributed by atoms with Gasteiger partial charge in [0.1, 0.15) is 0 Å². The summed E-state index contributed by atoms with van der Waals surface area (Å²) in [6.07, 6.45) is 9.25. The second kappa shape index (κ2) is 7.01. The lowest BCUT2D eigenvalue weighted by Crippen LogP contribution is -2.36. The maximum Gasteiger partial charge on any atom is 0.0994 e. The van der Waals surface area contributed by atoms with Crippen molar-refractivity contribution in [3.8, 4) is 0 Å². The Morgan fingerprint density at radius 1 is 1.47 bits per heavy atom. The van der Waals surface area contributed by atoms with E-state index in [2.05, 4.69) is 29.2 Å². The van der Waals surface area contributed by atoms with Gasteiger partial charge in [0.05, 0.1) is 17.9 Å². The highest BCUT2D eigenvalue weighted by Crippen LogP contribution is 2.18. The first-order valence-corrected chi connectivity index (χ1v) is 7.56. The SMILES string of the molecule is CCCC(N)c1cn(CCC2CCCCN2C)nn1. The molecule has 1 aromatic heterocycles. The maximum atomic E-state index is 6.06. The van der Waals surface area contributed by atoms with Gasteiger partial charge < -0.3 is 10.6 Å². The zero-order chi connectivity index (χ0) is 13.7. The van der Waals surface area contributed by atoms with E-state index in [1.807, 2.05) is 10.9 Å². The summed E-state index contributed by atoms with van der Waals surface area (Å²) in [7, 11) is 2.23. The van der Waals surface area contributed by atoms with Gasteiger partial charge in [-0.2, -0.15) is 0 Å². The van der Waals surface area contributed by atoms with E-state index in [0.717, 1.165) is 31.5 Å². The minimum atomic E-state index is 0.0381. The summed E-state index contributed by atoms with van der Waals surface area (Å²) in [6.45, 7) is 4.32. The summed E-state index contributed by atoms with van der Waals surface area (Å²) in [4.78, 5) is 2.48. The van der Waals surface area contributed by atoms with E-state index in [9.17, 15) is 0 Å². The van der Waals surface area contributed by atoms with Crippen molar-refractivity contribution in [2.75, 3.05) is 13.6 Å². The monoisotopic (exact) mass is 265 g/mol. The molecular formula is C14H27N5. The fraction of sp³-hybridized carbons (Fsp3) is 0.857. The molecule has 0 bridgehead atoms. The number of piperidine rings is 1. The van der Waals surface area contributed by atoms with Gasteiger partial charge in [0.2, 0.25) is 0 Å². The highest BCUT2D eigenvalue weighted by molar-refractivity contribution is 4.99. The van der Waals surface area contributed by atoms with Crippen LogP contribution in [0.4, 0.5) is 0 Å². The number of nitrogens with two attached hydrogens (primary N) is 1. The van der Waals surface area contributed by atoms with Crippen LogP contribution in [-0.4, -0.2) is 39.5 Å². The number of rotatable bonds is 6. The molecule has 0 amide bonds. The third kappa shape index (κ3) is 4.01. The zero-order valence-electron chi connectivity index (χ0n) is 12.3. The highest BCUT2D eigenvalue weighted by Gasteiger charge is 2.18. The molecule has 5 nitrogen and oxygen atoms in total. The first kappa shape index (κ1) is 14.5. The van der Waals surface area contributed by atoms with Crippen molar-refractivity contribution in [3.63, 3.8) is 0 Å². The minimum Gasteiger partial charge on any atom is -0.323 e. The van der Waals surface area contributed by atoms with Crippen molar-refractivity contribution < 1.29 is 0 Å². The molecule has 2 unspecified atom stereocenters. The smallest absolute Gasteiger partial charge is 0.0994 e. The molecule has 1 saturated heterocycles. The Labute approximate surface area is 116 Å². The van der Waals surface area contributed by atoms with Gasteiger partial charge in [-0.15, -0.1) is 5.10 Å². The topological polar surface area (TPSA) is 60.0 Å². The van der Waals surface area contributed by atoms with Crippen LogP contribution in [0.1, 0.15) is 57.2 Å². The Bertz CT molecular complexity index is 376. The van der Waals surface area contributed by atoms with Crippen LogP contribution in [0.3, 0.4) is 0 Å².